The summed E-state index contributed by atoms with van der Waals surface area (Å²) in [4.78, 5) is 37.1. The number of carbonyl (C=O) groups is 2. The van der Waals surface area contributed by atoms with Crippen LogP contribution in [0.5, 0.6) is 0 Å². The molecule has 2 aromatic heterocycles. The third kappa shape index (κ3) is 5.99. The summed E-state index contributed by atoms with van der Waals surface area (Å²) in [7, 11) is 0. The Morgan fingerprint density at radius 2 is 1.95 bits per heavy atom. The van der Waals surface area contributed by atoms with Crippen molar-refractivity contribution in [2.24, 2.45) is 11.8 Å². The van der Waals surface area contributed by atoms with E-state index in [1.807, 2.05) is 6.92 Å². The van der Waals surface area contributed by atoms with Crippen molar-refractivity contribution in [2.45, 2.75) is 38.3 Å². The Balaban J connectivity index is 1.29. The normalized spacial score (nSPS) is 20.8. The maximum absolute atomic E-state index is 14.1. The maximum Gasteiger partial charge on any atom is 0.273 e. The molecule has 1 aromatic carbocycles. The summed E-state index contributed by atoms with van der Waals surface area (Å²) in [6, 6.07) is 5.24. The van der Waals surface area contributed by atoms with Gasteiger partial charge in [-0.05, 0) is 50.3 Å². The molecule has 2 aliphatic rings. The Kier molecular flexibility index (Phi) is 7.22. The van der Waals surface area contributed by atoms with Crippen molar-refractivity contribution in [1.82, 2.24) is 30.7 Å². The fourth-order valence-electron chi connectivity index (χ4n) is 4.65. The number of aromatic nitrogens is 3. The lowest BCUT2D eigenvalue weighted by Gasteiger charge is -2.38. The van der Waals surface area contributed by atoms with Crippen LogP contribution in [0.2, 0.25) is 0 Å². The molecule has 3 atom stereocenters. The molecular weight excluding hydrogens is 482 g/mol. The predicted molar refractivity (Wildman–Crippen MR) is 129 cm³/mol. The number of nitrogens with one attached hydrogen (secondary N) is 2. The van der Waals surface area contributed by atoms with Gasteiger partial charge in [0.2, 0.25) is 5.91 Å². The van der Waals surface area contributed by atoms with Crippen molar-refractivity contribution in [3.05, 3.63) is 65.9 Å². The molecule has 0 unspecified atom stereocenters. The van der Waals surface area contributed by atoms with Crippen LogP contribution in [0.1, 0.15) is 48.5 Å². The molecule has 2 N–H and O–H groups in total. The number of rotatable bonds is 8. The molecule has 1 aliphatic carbocycles. The van der Waals surface area contributed by atoms with E-state index < -0.39 is 35.5 Å². The van der Waals surface area contributed by atoms with Crippen LogP contribution in [0.15, 0.2) is 47.2 Å². The molecule has 2 amide bonds. The van der Waals surface area contributed by atoms with E-state index in [9.17, 15) is 18.4 Å². The minimum Gasteiger partial charge on any atom is -0.355 e. The van der Waals surface area contributed by atoms with Gasteiger partial charge >= 0.3 is 0 Å². The Morgan fingerprint density at radius 1 is 1.16 bits per heavy atom. The molecule has 11 heteroatoms. The Labute approximate surface area is 212 Å². The minimum atomic E-state index is -0.820. The summed E-state index contributed by atoms with van der Waals surface area (Å²) < 4.78 is 32.5. The maximum atomic E-state index is 14.1. The third-order valence-electron chi connectivity index (χ3n) is 6.83. The summed E-state index contributed by atoms with van der Waals surface area (Å²) in [5, 5.41) is 9.68. The summed E-state index contributed by atoms with van der Waals surface area (Å²) >= 11 is 0. The third-order valence-corrected chi connectivity index (χ3v) is 6.83. The number of nitrogens with zero attached hydrogens (tertiary/aromatic N) is 4. The topological polar surface area (TPSA) is 113 Å². The fraction of sp³-hybridized carbons (Fsp3) is 0.423. The number of benzene rings is 1. The van der Waals surface area contributed by atoms with E-state index in [1.54, 1.807) is 18.5 Å². The average Bonchev–Trinajstić information content (AvgIpc) is 3.57. The van der Waals surface area contributed by atoms with Crippen molar-refractivity contribution in [1.29, 1.82) is 0 Å². The van der Waals surface area contributed by atoms with Crippen LogP contribution in [0.3, 0.4) is 0 Å². The van der Waals surface area contributed by atoms with Gasteiger partial charge in [-0.25, -0.2) is 18.7 Å². The number of hydrogen-bond acceptors (Lipinski definition) is 7. The number of hydrogen-bond donors (Lipinski definition) is 2. The number of halogens is 2. The van der Waals surface area contributed by atoms with Gasteiger partial charge in [0.15, 0.2) is 11.5 Å². The molecule has 3 aromatic rings. The predicted octanol–water partition coefficient (Wildman–Crippen LogP) is 3.12. The number of likely N-dealkylation sites (tertiary alicyclic amines) is 1. The Hall–Kier alpha value is -3.73. The lowest BCUT2D eigenvalue weighted by molar-refractivity contribution is -0.128. The highest BCUT2D eigenvalue weighted by molar-refractivity contribution is 5.94. The van der Waals surface area contributed by atoms with Crippen LogP contribution in [-0.2, 0) is 4.79 Å². The highest BCUT2D eigenvalue weighted by atomic mass is 19.1. The fourth-order valence-corrected chi connectivity index (χ4v) is 4.65. The van der Waals surface area contributed by atoms with Gasteiger partial charge in [0.25, 0.3) is 5.91 Å². The van der Waals surface area contributed by atoms with Gasteiger partial charge in [0.1, 0.15) is 17.5 Å². The zero-order valence-corrected chi connectivity index (χ0v) is 20.4. The van der Waals surface area contributed by atoms with Crippen molar-refractivity contribution < 1.29 is 22.9 Å². The average molecular weight is 511 g/mol. The van der Waals surface area contributed by atoms with Crippen LogP contribution in [0.4, 0.5) is 8.78 Å². The van der Waals surface area contributed by atoms with E-state index in [0.29, 0.717) is 24.7 Å². The molecule has 1 saturated carbocycles. The van der Waals surface area contributed by atoms with Crippen LogP contribution < -0.4 is 10.6 Å². The number of amides is 2. The van der Waals surface area contributed by atoms with Gasteiger partial charge in [-0.15, -0.1) is 0 Å². The van der Waals surface area contributed by atoms with Crippen LogP contribution in [0, 0.1) is 23.5 Å². The molecule has 5 rings (SSSR count). The molecule has 0 bridgehead atoms. The lowest BCUT2D eigenvalue weighted by atomic mass is 9.90. The highest BCUT2D eigenvalue weighted by Gasteiger charge is 2.38. The van der Waals surface area contributed by atoms with Gasteiger partial charge in [-0.2, -0.15) is 0 Å². The molecule has 3 heterocycles. The molecule has 1 saturated heterocycles. The monoisotopic (exact) mass is 510 g/mol. The van der Waals surface area contributed by atoms with Gasteiger partial charge in [0.05, 0.1) is 17.5 Å². The van der Waals surface area contributed by atoms with Crippen molar-refractivity contribution in [3.8, 4) is 11.3 Å². The second-order valence-corrected chi connectivity index (χ2v) is 9.72. The summed E-state index contributed by atoms with van der Waals surface area (Å²) in [6.07, 6.45) is 6.24. The van der Waals surface area contributed by atoms with E-state index in [1.165, 1.54) is 25.0 Å². The standard InChI is InChI=1S/C26H28F2N6O3/c1-15(24-29-8-2-9-30-24)31-25(35)19-14-34(13-16-3-4-16)10-7-21(19)32-26(36)22-12-23(37-33-22)18-6-5-17(27)11-20(18)28/h2,5-6,8-9,11-12,15-16,19,21H,3-4,7,10,13-14H2,1H3,(H,31,35)(H,32,36)/t15-,19+,21+/m1/s1. The quantitative estimate of drug-likeness (QED) is 0.479. The first-order valence-electron chi connectivity index (χ1n) is 12.4. The van der Waals surface area contributed by atoms with E-state index in [0.717, 1.165) is 25.2 Å². The first kappa shape index (κ1) is 24.9. The second kappa shape index (κ2) is 10.7. The largest absolute Gasteiger partial charge is 0.355 e. The minimum absolute atomic E-state index is 0.00398. The smallest absolute Gasteiger partial charge is 0.273 e. The SMILES string of the molecule is C[C@@H](NC(=O)[C@H]1CN(CC2CC2)CC[C@@H]1NC(=O)c1cc(-c2ccc(F)cc2F)on1)c1ncccn1. The van der Waals surface area contributed by atoms with Crippen molar-refractivity contribution >= 4 is 11.8 Å². The first-order valence-corrected chi connectivity index (χ1v) is 12.4. The lowest BCUT2D eigenvalue weighted by Crippen LogP contribution is -2.56. The Bertz CT molecular complexity index is 1270. The summed E-state index contributed by atoms with van der Waals surface area (Å²) in [6.45, 7) is 4.03. The summed E-state index contributed by atoms with van der Waals surface area (Å²) in [5.74, 6) is -1.58. The zero-order valence-electron chi connectivity index (χ0n) is 20.4. The molecule has 0 spiro atoms. The van der Waals surface area contributed by atoms with Gasteiger partial charge in [0, 0.05) is 50.2 Å². The Morgan fingerprint density at radius 3 is 2.68 bits per heavy atom. The van der Waals surface area contributed by atoms with Crippen LogP contribution in [-0.4, -0.2) is 57.5 Å². The highest BCUT2D eigenvalue weighted by Crippen LogP contribution is 2.31. The molecular formula is C26H28F2N6O3. The molecule has 0 radical (unpaired) electrons. The van der Waals surface area contributed by atoms with E-state index in [2.05, 4.69) is 30.7 Å². The van der Waals surface area contributed by atoms with Gasteiger partial charge in [-0.3, -0.25) is 9.59 Å². The molecule has 1 aliphatic heterocycles. The first-order chi connectivity index (χ1) is 17.9. The second-order valence-electron chi connectivity index (χ2n) is 9.72. The van der Waals surface area contributed by atoms with E-state index in [4.69, 9.17) is 4.52 Å². The van der Waals surface area contributed by atoms with E-state index in [-0.39, 0.29) is 22.9 Å². The van der Waals surface area contributed by atoms with Gasteiger partial charge in [-0.1, -0.05) is 5.16 Å². The molecule has 37 heavy (non-hydrogen) atoms. The van der Waals surface area contributed by atoms with E-state index >= 15 is 0 Å². The molecule has 2 fully saturated rings. The number of piperidine rings is 1. The van der Waals surface area contributed by atoms with Crippen molar-refractivity contribution in [2.75, 3.05) is 19.6 Å². The van der Waals surface area contributed by atoms with Gasteiger partial charge < -0.3 is 20.1 Å². The zero-order chi connectivity index (χ0) is 25.9. The number of carbonyl (C=O) groups excluding carboxylic acids is 2. The molecule has 194 valence electrons. The van der Waals surface area contributed by atoms with Crippen LogP contribution >= 0.6 is 0 Å². The van der Waals surface area contributed by atoms with Crippen LogP contribution in [0.25, 0.3) is 11.3 Å². The summed E-state index contributed by atoms with van der Waals surface area (Å²) in [5.41, 5.74) is -0.0555. The van der Waals surface area contributed by atoms with Crippen molar-refractivity contribution in [3.63, 3.8) is 0 Å². The molecule has 9 nitrogen and oxygen atoms in total.